The fraction of sp³-hybridized carbons (Fsp3) is 0.455. The first-order valence-corrected chi connectivity index (χ1v) is 4.95. The standard InChI is InChI=1S/C11H17NS/c1-11(2,3)10-6-4-9(5-7-10)8-12-13/h4-7,12-13H,8H2,1-3H3. The zero-order valence-corrected chi connectivity index (χ0v) is 9.36. The molecule has 1 nitrogen and oxygen atoms in total. The highest BCUT2D eigenvalue weighted by atomic mass is 32.1. The molecule has 2 heteroatoms. The first-order valence-electron chi connectivity index (χ1n) is 4.50. The molecule has 0 aliphatic heterocycles. The Bertz CT molecular complexity index is 258. The summed E-state index contributed by atoms with van der Waals surface area (Å²) in [6, 6.07) is 8.65. The van der Waals surface area contributed by atoms with Crippen molar-refractivity contribution >= 4 is 12.8 Å². The molecule has 0 aliphatic rings. The summed E-state index contributed by atoms with van der Waals surface area (Å²) in [5, 5.41) is 0. The van der Waals surface area contributed by atoms with Gasteiger partial charge in [0.1, 0.15) is 0 Å². The average molecular weight is 195 g/mol. The number of rotatable bonds is 2. The molecule has 0 unspecified atom stereocenters. The minimum atomic E-state index is 0.243. The van der Waals surface area contributed by atoms with Crippen LogP contribution in [0.5, 0.6) is 0 Å². The first kappa shape index (κ1) is 10.6. The third kappa shape index (κ3) is 3.05. The molecule has 1 N–H and O–H groups in total. The van der Waals surface area contributed by atoms with Gasteiger partial charge in [-0.15, -0.1) is 0 Å². The van der Waals surface area contributed by atoms with E-state index in [0.29, 0.717) is 0 Å². The predicted molar refractivity (Wildman–Crippen MR) is 61.0 cm³/mol. The summed E-state index contributed by atoms with van der Waals surface area (Å²) in [6.45, 7) is 7.48. The summed E-state index contributed by atoms with van der Waals surface area (Å²) in [5.41, 5.74) is 2.88. The Labute approximate surface area is 86.1 Å². The molecular weight excluding hydrogens is 178 g/mol. The van der Waals surface area contributed by atoms with Crippen LogP contribution in [0.1, 0.15) is 31.9 Å². The molecule has 0 spiro atoms. The Morgan fingerprint density at radius 1 is 1.15 bits per heavy atom. The molecule has 1 aromatic carbocycles. The molecule has 13 heavy (non-hydrogen) atoms. The highest BCUT2D eigenvalue weighted by molar-refractivity contribution is 7.78. The quantitative estimate of drug-likeness (QED) is 0.691. The normalized spacial score (nSPS) is 11.7. The SMILES string of the molecule is CC(C)(C)c1ccc(CNS)cc1. The second-order valence-corrected chi connectivity index (χ2v) is 4.60. The van der Waals surface area contributed by atoms with E-state index in [1.165, 1.54) is 11.1 Å². The van der Waals surface area contributed by atoms with E-state index in [-0.39, 0.29) is 5.41 Å². The summed E-state index contributed by atoms with van der Waals surface area (Å²) >= 11 is 3.96. The molecule has 0 radical (unpaired) electrons. The van der Waals surface area contributed by atoms with E-state index in [4.69, 9.17) is 0 Å². The van der Waals surface area contributed by atoms with Crippen molar-refractivity contribution in [3.8, 4) is 0 Å². The summed E-state index contributed by atoms with van der Waals surface area (Å²) in [7, 11) is 0. The number of hydrogen-bond acceptors (Lipinski definition) is 2. The van der Waals surface area contributed by atoms with Crippen LogP contribution in [0, 0.1) is 0 Å². The Kier molecular flexibility index (Phi) is 3.40. The van der Waals surface area contributed by atoms with E-state index in [1.807, 2.05) is 0 Å². The van der Waals surface area contributed by atoms with Crippen LogP contribution >= 0.6 is 12.8 Å². The molecule has 1 aromatic rings. The first-order chi connectivity index (χ1) is 6.04. The topological polar surface area (TPSA) is 12.0 Å². The van der Waals surface area contributed by atoms with E-state index in [0.717, 1.165) is 6.54 Å². The molecule has 0 saturated heterocycles. The van der Waals surface area contributed by atoms with Gasteiger partial charge in [0, 0.05) is 6.54 Å². The molecule has 0 aromatic heterocycles. The van der Waals surface area contributed by atoms with Gasteiger partial charge in [-0.1, -0.05) is 57.9 Å². The zero-order chi connectivity index (χ0) is 9.90. The lowest BCUT2D eigenvalue weighted by Crippen LogP contribution is -2.11. The van der Waals surface area contributed by atoms with Crippen LogP contribution in [0.15, 0.2) is 24.3 Å². The van der Waals surface area contributed by atoms with Crippen LogP contribution in [-0.4, -0.2) is 0 Å². The van der Waals surface area contributed by atoms with E-state index >= 15 is 0 Å². The zero-order valence-electron chi connectivity index (χ0n) is 8.46. The van der Waals surface area contributed by atoms with Crippen molar-refractivity contribution in [1.29, 1.82) is 0 Å². The summed E-state index contributed by atoms with van der Waals surface area (Å²) in [5.74, 6) is 0. The van der Waals surface area contributed by atoms with Crippen LogP contribution in [-0.2, 0) is 12.0 Å². The Morgan fingerprint density at radius 2 is 1.69 bits per heavy atom. The molecule has 72 valence electrons. The van der Waals surface area contributed by atoms with Gasteiger partial charge >= 0.3 is 0 Å². The fourth-order valence-electron chi connectivity index (χ4n) is 1.21. The van der Waals surface area contributed by atoms with E-state index in [9.17, 15) is 0 Å². The summed E-state index contributed by atoms with van der Waals surface area (Å²) in [6.07, 6.45) is 0. The third-order valence-electron chi connectivity index (χ3n) is 2.10. The Balaban J connectivity index is 2.81. The van der Waals surface area contributed by atoms with Gasteiger partial charge in [-0.05, 0) is 16.5 Å². The van der Waals surface area contributed by atoms with Gasteiger partial charge < -0.3 is 0 Å². The van der Waals surface area contributed by atoms with Crippen LogP contribution in [0.2, 0.25) is 0 Å². The lowest BCUT2D eigenvalue weighted by molar-refractivity contribution is 0.590. The largest absolute Gasteiger partial charge is 0.262 e. The van der Waals surface area contributed by atoms with Crippen molar-refractivity contribution in [3.05, 3.63) is 35.4 Å². The molecule has 0 aliphatic carbocycles. The minimum Gasteiger partial charge on any atom is -0.262 e. The summed E-state index contributed by atoms with van der Waals surface area (Å²) in [4.78, 5) is 0. The minimum absolute atomic E-state index is 0.243. The molecular formula is C11H17NS. The maximum Gasteiger partial charge on any atom is 0.0307 e. The van der Waals surface area contributed by atoms with Crippen LogP contribution in [0.4, 0.5) is 0 Å². The van der Waals surface area contributed by atoms with E-state index < -0.39 is 0 Å². The maximum atomic E-state index is 3.96. The van der Waals surface area contributed by atoms with Gasteiger partial charge in [0.15, 0.2) is 0 Å². The number of hydrogen-bond donors (Lipinski definition) is 2. The Morgan fingerprint density at radius 3 is 2.08 bits per heavy atom. The van der Waals surface area contributed by atoms with Gasteiger partial charge in [-0.2, -0.15) is 0 Å². The lowest BCUT2D eigenvalue weighted by atomic mass is 9.87. The highest BCUT2D eigenvalue weighted by Crippen LogP contribution is 2.21. The van der Waals surface area contributed by atoms with Crippen molar-refractivity contribution in [2.24, 2.45) is 0 Å². The van der Waals surface area contributed by atoms with Crippen LogP contribution < -0.4 is 4.72 Å². The smallest absolute Gasteiger partial charge is 0.0307 e. The molecule has 0 saturated carbocycles. The molecule has 1 rings (SSSR count). The van der Waals surface area contributed by atoms with E-state index in [2.05, 4.69) is 62.6 Å². The van der Waals surface area contributed by atoms with Gasteiger partial charge in [0.05, 0.1) is 0 Å². The number of benzene rings is 1. The third-order valence-corrected chi connectivity index (χ3v) is 2.26. The average Bonchev–Trinajstić information content (AvgIpc) is 2.04. The van der Waals surface area contributed by atoms with Crippen molar-refractivity contribution in [1.82, 2.24) is 4.72 Å². The number of thiol groups is 1. The second-order valence-electron chi connectivity index (χ2n) is 4.28. The highest BCUT2D eigenvalue weighted by Gasteiger charge is 2.12. The fourth-order valence-corrected chi connectivity index (χ4v) is 1.40. The van der Waals surface area contributed by atoms with Gasteiger partial charge in [0.25, 0.3) is 0 Å². The molecule has 0 fully saturated rings. The predicted octanol–water partition coefficient (Wildman–Crippen LogP) is 2.92. The van der Waals surface area contributed by atoms with Gasteiger partial charge in [-0.3, -0.25) is 4.72 Å². The van der Waals surface area contributed by atoms with Crippen LogP contribution in [0.3, 0.4) is 0 Å². The van der Waals surface area contributed by atoms with Gasteiger partial charge in [-0.25, -0.2) is 0 Å². The lowest BCUT2D eigenvalue weighted by Gasteiger charge is -2.19. The monoisotopic (exact) mass is 195 g/mol. The van der Waals surface area contributed by atoms with Crippen molar-refractivity contribution < 1.29 is 0 Å². The molecule has 0 bridgehead atoms. The van der Waals surface area contributed by atoms with Crippen molar-refractivity contribution in [2.45, 2.75) is 32.7 Å². The molecule has 0 atom stereocenters. The van der Waals surface area contributed by atoms with Crippen LogP contribution in [0.25, 0.3) is 0 Å². The summed E-state index contributed by atoms with van der Waals surface area (Å²) < 4.78 is 2.84. The van der Waals surface area contributed by atoms with Crippen molar-refractivity contribution in [3.63, 3.8) is 0 Å². The van der Waals surface area contributed by atoms with Gasteiger partial charge in [0.2, 0.25) is 0 Å². The van der Waals surface area contributed by atoms with Crippen molar-refractivity contribution in [2.75, 3.05) is 0 Å². The Hall–Kier alpha value is -0.470. The molecule has 0 heterocycles. The molecule has 0 amide bonds. The maximum absolute atomic E-state index is 3.96. The van der Waals surface area contributed by atoms with E-state index in [1.54, 1.807) is 0 Å². The number of nitrogens with one attached hydrogen (secondary N) is 1. The second kappa shape index (κ2) is 4.16.